The molecule has 0 spiro atoms. The van der Waals surface area contributed by atoms with Gasteiger partial charge < -0.3 is 91.4 Å². The molecule has 1 saturated heterocycles. The van der Waals surface area contributed by atoms with Crippen LogP contribution in [-0.2, 0) is 23.9 Å². The molecule has 1 aliphatic carbocycles. The molecule has 0 aromatic heterocycles. The van der Waals surface area contributed by atoms with Gasteiger partial charge in [-0.3, -0.25) is 19.4 Å². The Hall–Kier alpha value is -6.52. The summed E-state index contributed by atoms with van der Waals surface area (Å²) in [6, 6.07) is 9.69. The number of aliphatic imine (C=N–C) groups is 1. The van der Waals surface area contributed by atoms with Gasteiger partial charge in [0, 0.05) is 68.7 Å². The lowest BCUT2D eigenvalue weighted by atomic mass is 9.88. The largest absolute Gasteiger partial charge is 0.510 e. The number of nitrogens with zero attached hydrogens (tertiary/aromatic N) is 1. The quantitative estimate of drug-likeness (QED) is 0.0101. The summed E-state index contributed by atoms with van der Waals surface area (Å²) in [6.45, 7) is 11.2. The molecule has 22 heteroatoms. The number of carbonyl (C=O) groups excluding carboxylic acids is 3. The van der Waals surface area contributed by atoms with Crippen LogP contribution in [0.5, 0.6) is 0 Å². The Morgan fingerprint density at radius 3 is 1.73 bits per heavy atom. The molecule has 20 unspecified atom stereocenters. The number of amides is 1. The van der Waals surface area contributed by atoms with Crippen LogP contribution in [0.4, 0.5) is 0 Å². The van der Waals surface area contributed by atoms with E-state index in [1.165, 1.54) is 31.2 Å². The molecule has 101 heavy (non-hydrogen) atoms. The van der Waals surface area contributed by atoms with Gasteiger partial charge in [-0.25, -0.2) is 0 Å². The maximum atomic E-state index is 12.9. The maximum absolute atomic E-state index is 12.9. The summed E-state index contributed by atoms with van der Waals surface area (Å²) < 4.78 is 11.3. The summed E-state index contributed by atoms with van der Waals surface area (Å²) in [5, 5.41) is 156. The number of nitrogens with one attached hydrogen (secondary N) is 1. The zero-order valence-electron chi connectivity index (χ0n) is 59.6. The number of carbonyl (C=O) groups is 3. The Morgan fingerprint density at radius 2 is 1.15 bits per heavy atom. The number of aliphatic hydroxyl groups is 15. The van der Waals surface area contributed by atoms with Crippen LogP contribution in [0.1, 0.15) is 150 Å². The van der Waals surface area contributed by atoms with Crippen LogP contribution >= 0.6 is 0 Å². The van der Waals surface area contributed by atoms with Crippen molar-refractivity contribution < 1.29 is 100 Å². The molecule has 2 aliphatic rings. The van der Waals surface area contributed by atoms with Gasteiger partial charge in [0.15, 0.2) is 12.1 Å². The first-order valence-electron chi connectivity index (χ1n) is 35.3. The molecular formula is C79H118N2O20. The topological polar surface area (TPSA) is 398 Å². The van der Waals surface area contributed by atoms with E-state index in [9.17, 15) is 91.0 Å². The smallest absolute Gasteiger partial charge is 0.248 e. The highest BCUT2D eigenvalue weighted by atomic mass is 16.7. The van der Waals surface area contributed by atoms with Gasteiger partial charge >= 0.3 is 0 Å². The van der Waals surface area contributed by atoms with Crippen LogP contribution in [0, 0.1) is 17.8 Å². The van der Waals surface area contributed by atoms with Crippen molar-refractivity contribution in [2.24, 2.45) is 22.7 Å². The van der Waals surface area contributed by atoms with Gasteiger partial charge in [0.1, 0.15) is 35.6 Å². The van der Waals surface area contributed by atoms with Crippen molar-refractivity contribution in [3.8, 4) is 0 Å². The third kappa shape index (κ3) is 40.8. The Labute approximate surface area is 597 Å². The molecule has 22 nitrogen and oxygen atoms in total. The lowest BCUT2D eigenvalue weighted by molar-refractivity contribution is -0.306. The zero-order valence-corrected chi connectivity index (χ0v) is 59.6. The minimum atomic E-state index is -1.53. The van der Waals surface area contributed by atoms with E-state index < -0.39 is 116 Å². The van der Waals surface area contributed by atoms with Gasteiger partial charge in [-0.05, 0) is 90.0 Å². The van der Waals surface area contributed by atoms with E-state index in [0.717, 1.165) is 18.4 Å². The number of benzene rings is 1. The normalized spacial score (nSPS) is 22.9. The second-order valence-corrected chi connectivity index (χ2v) is 25.8. The number of hydrogen-bond donors (Lipinski definition) is 16. The van der Waals surface area contributed by atoms with E-state index in [4.69, 9.17) is 9.47 Å². The van der Waals surface area contributed by atoms with Crippen molar-refractivity contribution in [3.63, 3.8) is 0 Å². The van der Waals surface area contributed by atoms with E-state index in [0.29, 0.717) is 25.8 Å². The molecular weight excluding hydrogens is 1300 g/mol. The number of hydrogen-bond acceptors (Lipinski definition) is 21. The minimum absolute atomic E-state index is 0.00676. The molecule has 0 bridgehead atoms. The molecule has 1 amide bonds. The molecule has 0 radical (unpaired) electrons. The summed E-state index contributed by atoms with van der Waals surface area (Å²) in [5.74, 6) is -2.28. The third-order valence-electron chi connectivity index (χ3n) is 16.8. The fraction of sp³-hybridized carbons (Fsp3) is 0.544. The number of rotatable bonds is 47. The van der Waals surface area contributed by atoms with Gasteiger partial charge in [0.2, 0.25) is 5.91 Å². The fourth-order valence-electron chi connectivity index (χ4n) is 10.7. The van der Waals surface area contributed by atoms with Crippen LogP contribution in [0.25, 0.3) is 0 Å². The summed E-state index contributed by atoms with van der Waals surface area (Å²) in [5.41, 5.74) is 0.996. The predicted octanol–water partition coefficient (Wildman–Crippen LogP) is 7.18. The Morgan fingerprint density at radius 1 is 0.614 bits per heavy atom. The summed E-state index contributed by atoms with van der Waals surface area (Å²) in [4.78, 5) is 40.6. The van der Waals surface area contributed by atoms with Crippen LogP contribution in [0.15, 0.2) is 193 Å². The van der Waals surface area contributed by atoms with Gasteiger partial charge in [-0.2, -0.15) is 0 Å². The molecule has 1 aromatic carbocycles. The Kier molecular flexibility index (Phi) is 47.8. The van der Waals surface area contributed by atoms with Gasteiger partial charge in [-0.1, -0.05) is 198 Å². The van der Waals surface area contributed by atoms with Gasteiger partial charge in [0.25, 0.3) is 0 Å². The van der Waals surface area contributed by atoms with Gasteiger partial charge in [0.05, 0.1) is 79.4 Å². The lowest BCUT2D eigenvalue weighted by Gasteiger charge is -2.40. The number of aliphatic hydroxyl groups excluding tert-OH is 15. The maximum Gasteiger partial charge on any atom is 0.248 e. The first kappa shape index (κ1) is 90.6. The molecule has 16 N–H and O–H groups in total. The molecule has 20 atom stereocenters. The highest BCUT2D eigenvalue weighted by Gasteiger charge is 2.44. The first-order valence-corrected chi connectivity index (χ1v) is 35.3. The number of ketones is 2. The summed E-state index contributed by atoms with van der Waals surface area (Å²) in [6.07, 6.45) is 29.9. The van der Waals surface area contributed by atoms with Crippen molar-refractivity contribution in [2.45, 2.75) is 248 Å². The van der Waals surface area contributed by atoms with E-state index in [2.05, 4.69) is 10.3 Å². The molecule has 1 heterocycles. The average molecular weight is 1420 g/mol. The second-order valence-electron chi connectivity index (χ2n) is 25.8. The molecule has 3 rings (SSSR count). The monoisotopic (exact) mass is 1410 g/mol. The first-order chi connectivity index (χ1) is 48.2. The number of unbranched alkanes of at least 4 members (excludes halogenated alkanes) is 1. The zero-order chi connectivity index (χ0) is 75.1. The van der Waals surface area contributed by atoms with Crippen LogP contribution in [-0.4, -0.2) is 211 Å². The molecule has 1 fully saturated rings. The SMILES string of the molecule is C/C=C/C=C/C=C/C=C/C=C/C(O)C(C)C(O)C(C)/C=C/CC/C=C/C=C/C=C/C=C/C(=O)NC1=C(O)CCC1=O.CCC(OC1OC(C)C(O)C(O)C1O)C(C)C(=O)CC(O)CC(O)CC(O)/C=C/CC(O)CC(O)CC(O)CC(O)/C=C/CC(O)CC(O)CCCN=Cc1ccccc1. The molecule has 1 aromatic rings. The fourth-order valence-corrected chi connectivity index (χ4v) is 10.7. The van der Waals surface area contributed by atoms with E-state index >= 15 is 0 Å². The van der Waals surface area contributed by atoms with Crippen LogP contribution < -0.4 is 5.32 Å². The number of ether oxygens (including phenoxy) is 2. The Bertz CT molecular complexity index is 2910. The van der Waals surface area contributed by atoms with Crippen molar-refractivity contribution in [1.29, 1.82) is 0 Å². The van der Waals surface area contributed by atoms with Crippen LogP contribution in [0.2, 0.25) is 0 Å². The van der Waals surface area contributed by atoms with Crippen molar-refractivity contribution in [2.75, 3.05) is 6.54 Å². The van der Waals surface area contributed by atoms with Crippen molar-refractivity contribution in [3.05, 3.63) is 193 Å². The minimum Gasteiger partial charge on any atom is -0.510 e. The molecule has 1 aliphatic heterocycles. The third-order valence-corrected chi connectivity index (χ3v) is 16.8. The molecule has 0 saturated carbocycles. The number of Topliss-reactive ketones (excluding diaryl/α,β-unsaturated/α-hetero) is 2. The summed E-state index contributed by atoms with van der Waals surface area (Å²) >= 11 is 0. The predicted molar refractivity (Wildman–Crippen MR) is 392 cm³/mol. The molecule has 564 valence electrons. The highest BCUT2D eigenvalue weighted by molar-refractivity contribution is 6.03. The van der Waals surface area contributed by atoms with E-state index in [1.807, 2.05) is 136 Å². The highest BCUT2D eigenvalue weighted by Crippen LogP contribution is 2.27. The Balaban J connectivity index is 0.000000738. The standard InChI is InChI=1S/C44H73NO15.C35H45NO5/c1-4-40(60-44-43(58)42(57)41(56)28(3)59-44)27(2)39(55)25-38(54)24-37(53)22-33(49)16-9-15-32(48)21-36(52)23-35(51)20-31(47)14-8-13-30(46)19-34(50)17-10-18-45-26-29-11-6-5-7-12-29;1-4-5-6-7-8-11-15-18-21-24-30(37)29(3)35(41)28(2)23-20-17-14-12-9-10-13-16-19-22-25-33(40)36-34-31(38)26-27-32(34)39/h5-9,11-12,14,16,26-28,30-38,40-44,46-54,56-58H,4,10,13,15,17-25H2,1-3H3;4-13,15-16,18-25,28-30,35,37-38,41H,14,17,26-27H2,1-3H3,(H,36,40)/b14-8+,16-9+,45-26?;5-4+,7-6+,11-8+,12-9+,13-10+,18-15+,19-16+,23-20+,24-21+,25-22+. The second kappa shape index (κ2) is 53.3. The average Bonchev–Trinajstić information content (AvgIpc) is 1.29. The van der Waals surface area contributed by atoms with Crippen molar-refractivity contribution >= 4 is 23.7 Å². The van der Waals surface area contributed by atoms with Gasteiger partial charge in [-0.15, -0.1) is 0 Å². The van der Waals surface area contributed by atoms with E-state index in [-0.39, 0.29) is 105 Å². The van der Waals surface area contributed by atoms with Crippen LogP contribution in [0.3, 0.4) is 0 Å². The van der Waals surface area contributed by atoms with E-state index in [1.54, 1.807) is 56.5 Å². The number of allylic oxidation sites excluding steroid dienone is 19. The lowest BCUT2D eigenvalue weighted by Crippen LogP contribution is -2.58. The summed E-state index contributed by atoms with van der Waals surface area (Å²) in [7, 11) is 0. The van der Waals surface area contributed by atoms with Crippen molar-refractivity contribution in [1.82, 2.24) is 5.32 Å².